The molecule has 0 aromatic heterocycles. The number of nitrogens with zero attached hydrogens (tertiary/aromatic N) is 1. The van der Waals surface area contributed by atoms with E-state index >= 15 is 0 Å². The van der Waals surface area contributed by atoms with Crippen LogP contribution in [0.15, 0.2) is 69.6 Å². The Bertz CT molecular complexity index is 1140. The van der Waals surface area contributed by atoms with Crippen molar-refractivity contribution in [2.45, 2.75) is 20.0 Å². The van der Waals surface area contributed by atoms with Gasteiger partial charge in [-0.2, -0.15) is 0 Å². The molecule has 0 saturated heterocycles. The Morgan fingerprint density at radius 3 is 2.41 bits per heavy atom. The molecule has 5 nitrogen and oxygen atoms in total. The predicted molar refractivity (Wildman–Crippen MR) is 130 cm³/mol. The van der Waals surface area contributed by atoms with Crippen LogP contribution in [0.4, 0.5) is 5.69 Å². The van der Waals surface area contributed by atoms with Gasteiger partial charge in [-0.3, -0.25) is 4.79 Å². The molecule has 1 aliphatic rings. The van der Waals surface area contributed by atoms with Gasteiger partial charge >= 0.3 is 5.97 Å². The Morgan fingerprint density at radius 1 is 1.00 bits per heavy atom. The van der Waals surface area contributed by atoms with Crippen LogP contribution in [0, 0.1) is 6.92 Å². The van der Waals surface area contributed by atoms with Crippen molar-refractivity contribution < 1.29 is 19.1 Å². The number of aryl methyl sites for hydroxylation is 1. The van der Waals surface area contributed by atoms with Crippen molar-refractivity contribution in [3.05, 3.63) is 91.9 Å². The van der Waals surface area contributed by atoms with Gasteiger partial charge in [-0.05, 0) is 92.2 Å². The second-order valence-corrected chi connectivity index (χ2v) is 9.25. The lowest BCUT2D eigenvalue weighted by atomic mass is 10.1. The van der Waals surface area contributed by atoms with Gasteiger partial charge in [0.15, 0.2) is 6.61 Å². The van der Waals surface area contributed by atoms with Crippen LogP contribution in [-0.4, -0.2) is 25.0 Å². The van der Waals surface area contributed by atoms with Crippen LogP contribution >= 0.6 is 31.9 Å². The second-order valence-electron chi connectivity index (χ2n) is 7.54. The highest BCUT2D eigenvalue weighted by molar-refractivity contribution is 9.11. The van der Waals surface area contributed by atoms with Gasteiger partial charge in [0.25, 0.3) is 5.91 Å². The number of esters is 1. The molecule has 0 spiro atoms. The van der Waals surface area contributed by atoms with Gasteiger partial charge in [-0.15, -0.1) is 0 Å². The lowest BCUT2D eigenvalue weighted by Gasteiger charge is -2.17. The van der Waals surface area contributed by atoms with E-state index in [1.165, 1.54) is 0 Å². The summed E-state index contributed by atoms with van der Waals surface area (Å²) in [5, 5.41) is 0. The molecule has 32 heavy (non-hydrogen) atoms. The maximum absolute atomic E-state index is 12.5. The largest absolute Gasteiger partial charge is 0.487 e. The molecule has 3 aromatic carbocycles. The number of ether oxygens (including phenoxy) is 2. The molecule has 0 unspecified atom stereocenters. The third-order valence-corrected chi connectivity index (χ3v) is 6.41. The van der Waals surface area contributed by atoms with E-state index in [0.29, 0.717) is 18.7 Å². The fourth-order valence-corrected chi connectivity index (χ4v) is 5.25. The van der Waals surface area contributed by atoms with Crippen molar-refractivity contribution in [2.24, 2.45) is 0 Å². The molecule has 164 valence electrons. The molecular weight excluding hydrogens is 538 g/mol. The summed E-state index contributed by atoms with van der Waals surface area (Å²) in [5.74, 6) is -0.0222. The molecule has 1 aliphatic heterocycles. The summed E-state index contributed by atoms with van der Waals surface area (Å²) in [5.41, 5.74) is 4.44. The zero-order chi connectivity index (χ0) is 22.7. The first-order valence-electron chi connectivity index (χ1n) is 10.1. The summed E-state index contributed by atoms with van der Waals surface area (Å²) in [4.78, 5) is 26.6. The Hall–Kier alpha value is -2.64. The van der Waals surface area contributed by atoms with E-state index in [1.54, 1.807) is 17.0 Å². The number of halogens is 2. The van der Waals surface area contributed by atoms with E-state index in [9.17, 15) is 9.59 Å². The summed E-state index contributed by atoms with van der Waals surface area (Å²) < 4.78 is 12.9. The smallest absolute Gasteiger partial charge is 0.338 e. The quantitative estimate of drug-likeness (QED) is 0.356. The first kappa shape index (κ1) is 22.6. The molecule has 1 heterocycles. The van der Waals surface area contributed by atoms with Crippen molar-refractivity contribution in [1.29, 1.82) is 0 Å². The Labute approximate surface area is 203 Å². The molecule has 0 fully saturated rings. The molecule has 0 atom stereocenters. The standard InChI is InChI=1S/C25H21Br2NO4/c1-16-12-20(26)24(21(27)13-16)31-14-17-6-8-19(9-7-17)25(30)32-15-23(29)28-11-10-18-4-2-3-5-22(18)28/h2-9,12-13H,10-11,14-15H2,1H3. The van der Waals surface area contributed by atoms with E-state index < -0.39 is 5.97 Å². The van der Waals surface area contributed by atoms with Crippen molar-refractivity contribution in [3.63, 3.8) is 0 Å². The fraction of sp³-hybridized carbons (Fsp3) is 0.200. The van der Waals surface area contributed by atoms with Gasteiger partial charge in [0.1, 0.15) is 12.4 Å². The first-order chi connectivity index (χ1) is 15.4. The maximum Gasteiger partial charge on any atom is 0.338 e. The molecule has 7 heteroatoms. The Morgan fingerprint density at radius 2 is 1.69 bits per heavy atom. The van der Waals surface area contributed by atoms with Gasteiger partial charge < -0.3 is 14.4 Å². The number of carbonyl (C=O) groups is 2. The number of carbonyl (C=O) groups excluding carboxylic acids is 2. The van der Waals surface area contributed by atoms with Crippen LogP contribution in [0.2, 0.25) is 0 Å². The van der Waals surface area contributed by atoms with Crippen LogP contribution < -0.4 is 9.64 Å². The summed E-state index contributed by atoms with van der Waals surface area (Å²) in [6.07, 6.45) is 0.815. The third kappa shape index (κ3) is 5.05. The number of anilines is 1. The molecule has 0 aliphatic carbocycles. The zero-order valence-electron chi connectivity index (χ0n) is 17.4. The number of hydrogen-bond donors (Lipinski definition) is 0. The van der Waals surface area contributed by atoms with Crippen LogP contribution in [0.3, 0.4) is 0 Å². The van der Waals surface area contributed by atoms with Crippen molar-refractivity contribution in [3.8, 4) is 5.75 Å². The summed E-state index contributed by atoms with van der Waals surface area (Å²) >= 11 is 7.03. The number of amides is 1. The van der Waals surface area contributed by atoms with E-state index in [1.807, 2.05) is 55.5 Å². The molecule has 4 rings (SSSR count). The van der Waals surface area contributed by atoms with E-state index in [-0.39, 0.29) is 12.5 Å². The molecule has 0 bridgehead atoms. The van der Waals surface area contributed by atoms with Gasteiger partial charge in [-0.25, -0.2) is 4.79 Å². The van der Waals surface area contributed by atoms with Gasteiger partial charge in [0, 0.05) is 12.2 Å². The number of benzene rings is 3. The highest BCUT2D eigenvalue weighted by atomic mass is 79.9. The van der Waals surface area contributed by atoms with Crippen molar-refractivity contribution in [2.75, 3.05) is 18.1 Å². The minimum absolute atomic E-state index is 0.220. The van der Waals surface area contributed by atoms with Crippen molar-refractivity contribution in [1.82, 2.24) is 0 Å². The highest BCUT2D eigenvalue weighted by Crippen LogP contribution is 2.35. The van der Waals surface area contributed by atoms with Gasteiger partial charge in [-0.1, -0.05) is 30.3 Å². The summed E-state index contributed by atoms with van der Waals surface area (Å²) in [7, 11) is 0. The molecule has 3 aromatic rings. The lowest BCUT2D eigenvalue weighted by Crippen LogP contribution is -2.33. The third-order valence-electron chi connectivity index (χ3n) is 5.23. The van der Waals surface area contributed by atoms with Crippen LogP contribution in [-0.2, 0) is 22.6 Å². The fourth-order valence-electron chi connectivity index (χ4n) is 3.60. The Kier molecular flexibility index (Phi) is 6.96. The van der Waals surface area contributed by atoms with Crippen LogP contribution in [0.5, 0.6) is 5.75 Å². The van der Waals surface area contributed by atoms with Gasteiger partial charge in [0.05, 0.1) is 14.5 Å². The van der Waals surface area contributed by atoms with Crippen LogP contribution in [0.25, 0.3) is 0 Å². The van der Waals surface area contributed by atoms with Crippen LogP contribution in [0.1, 0.15) is 27.0 Å². The monoisotopic (exact) mass is 557 g/mol. The average molecular weight is 559 g/mol. The Balaban J connectivity index is 1.31. The number of hydrogen-bond acceptors (Lipinski definition) is 4. The van der Waals surface area contributed by atoms with E-state index in [0.717, 1.165) is 43.5 Å². The zero-order valence-corrected chi connectivity index (χ0v) is 20.6. The average Bonchev–Trinajstić information content (AvgIpc) is 3.21. The van der Waals surface area contributed by atoms with Crippen molar-refractivity contribution >= 4 is 49.4 Å². The number of rotatable bonds is 6. The normalized spacial score (nSPS) is 12.4. The number of fused-ring (bicyclic) bond motifs is 1. The van der Waals surface area contributed by atoms with Gasteiger partial charge in [0.2, 0.25) is 0 Å². The molecule has 0 saturated carbocycles. The predicted octanol–water partition coefficient (Wildman–Crippen LogP) is 5.85. The maximum atomic E-state index is 12.5. The minimum atomic E-state index is -0.526. The topological polar surface area (TPSA) is 55.8 Å². The summed E-state index contributed by atoms with van der Waals surface area (Å²) in [6.45, 7) is 2.68. The molecule has 0 N–H and O–H groups in total. The minimum Gasteiger partial charge on any atom is -0.487 e. The number of para-hydroxylation sites is 1. The molecule has 1 amide bonds. The van der Waals surface area contributed by atoms with E-state index in [4.69, 9.17) is 9.47 Å². The second kappa shape index (κ2) is 9.88. The summed E-state index contributed by atoms with van der Waals surface area (Å²) in [6, 6.07) is 18.7. The molecule has 0 radical (unpaired) electrons. The molecular formula is C25H21Br2NO4. The highest BCUT2D eigenvalue weighted by Gasteiger charge is 2.25. The first-order valence-corrected chi connectivity index (χ1v) is 11.7. The van der Waals surface area contributed by atoms with E-state index in [2.05, 4.69) is 31.9 Å². The SMILES string of the molecule is Cc1cc(Br)c(OCc2ccc(C(=O)OCC(=O)N3CCc4ccccc43)cc2)c(Br)c1. The lowest BCUT2D eigenvalue weighted by molar-refractivity contribution is -0.121.